The van der Waals surface area contributed by atoms with Crippen molar-refractivity contribution in [2.75, 3.05) is 33.7 Å². The Bertz CT molecular complexity index is 727. The van der Waals surface area contributed by atoms with Gasteiger partial charge >= 0.3 is 0 Å². The monoisotopic (exact) mass is 412 g/mol. The second-order valence-electron chi connectivity index (χ2n) is 9.54. The Hall–Kier alpha value is -1.46. The van der Waals surface area contributed by atoms with E-state index in [1.54, 1.807) is 0 Å². The van der Waals surface area contributed by atoms with Crippen LogP contribution in [0.25, 0.3) is 0 Å². The highest BCUT2D eigenvalue weighted by molar-refractivity contribution is 5.24. The Morgan fingerprint density at radius 3 is 2.87 bits per heavy atom. The Kier molecular flexibility index (Phi) is 8.70. The fraction of sp³-hybridized carbons (Fsp3) is 0.615. The van der Waals surface area contributed by atoms with E-state index in [0.29, 0.717) is 18.3 Å². The van der Waals surface area contributed by atoms with Gasteiger partial charge in [-0.05, 0) is 83.7 Å². The van der Waals surface area contributed by atoms with E-state index in [-0.39, 0.29) is 12.0 Å². The zero-order valence-electron chi connectivity index (χ0n) is 18.9. The van der Waals surface area contributed by atoms with Crippen LogP contribution in [-0.2, 0) is 6.42 Å². The molecule has 2 aliphatic rings. The molecule has 0 unspecified atom stereocenters. The Balaban J connectivity index is 1.44. The lowest BCUT2D eigenvalue weighted by Gasteiger charge is -2.19. The van der Waals surface area contributed by atoms with Gasteiger partial charge in [0.2, 0.25) is 0 Å². The Morgan fingerprint density at radius 2 is 2.10 bits per heavy atom. The lowest BCUT2D eigenvalue weighted by molar-refractivity contribution is 0.140. The molecule has 2 aliphatic carbocycles. The van der Waals surface area contributed by atoms with Gasteiger partial charge in [-0.15, -0.1) is 0 Å². The quantitative estimate of drug-likeness (QED) is 0.385. The maximum atomic E-state index is 10.6. The third kappa shape index (κ3) is 6.78. The van der Waals surface area contributed by atoms with Gasteiger partial charge in [0.1, 0.15) is 0 Å². The van der Waals surface area contributed by atoms with Crippen LogP contribution in [0.5, 0.6) is 0 Å². The molecular weight excluding hydrogens is 372 g/mol. The van der Waals surface area contributed by atoms with Crippen molar-refractivity contribution in [3.63, 3.8) is 0 Å². The lowest BCUT2D eigenvalue weighted by Crippen LogP contribution is -2.22. The van der Waals surface area contributed by atoms with E-state index in [1.165, 1.54) is 17.6 Å². The van der Waals surface area contributed by atoms with Crippen LogP contribution in [0.4, 0.5) is 0 Å². The number of rotatable bonds is 11. The number of fused-ring (bicyclic) bond motifs is 1. The van der Waals surface area contributed by atoms with Crippen LogP contribution in [0.1, 0.15) is 36.8 Å². The predicted molar refractivity (Wildman–Crippen MR) is 124 cm³/mol. The lowest BCUT2D eigenvalue weighted by atomic mass is 9.88. The van der Waals surface area contributed by atoms with Crippen molar-refractivity contribution in [1.29, 1.82) is 0 Å². The summed E-state index contributed by atoms with van der Waals surface area (Å²) >= 11 is 0. The number of hydrogen-bond donors (Lipinski definition) is 3. The summed E-state index contributed by atoms with van der Waals surface area (Å²) in [5.74, 6) is 1.14. The SMILES string of the molecule is Cc1cccc(C[C@H](O)C=C[C@@H]2[C@H]3CC(CCNCCCN(C)C)=C[C@H]3C[C@H]2O)c1. The zero-order chi connectivity index (χ0) is 21.5. The number of aliphatic hydroxyl groups excluding tert-OH is 2. The van der Waals surface area contributed by atoms with Gasteiger partial charge in [0.15, 0.2) is 0 Å². The van der Waals surface area contributed by atoms with Gasteiger partial charge in [-0.1, -0.05) is 53.6 Å². The molecule has 166 valence electrons. The van der Waals surface area contributed by atoms with Crippen LogP contribution in [0.15, 0.2) is 48.1 Å². The summed E-state index contributed by atoms with van der Waals surface area (Å²) in [5, 5.41) is 24.6. The molecule has 0 heterocycles. The summed E-state index contributed by atoms with van der Waals surface area (Å²) in [7, 11) is 4.23. The smallest absolute Gasteiger partial charge is 0.0761 e. The second kappa shape index (κ2) is 11.2. The molecule has 0 bridgehead atoms. The number of aryl methyl sites for hydroxylation is 1. The minimum atomic E-state index is -0.502. The van der Waals surface area contributed by atoms with Crippen molar-refractivity contribution in [2.45, 2.75) is 51.2 Å². The topological polar surface area (TPSA) is 55.7 Å². The molecule has 0 spiro atoms. The summed E-state index contributed by atoms with van der Waals surface area (Å²) in [6.07, 6.45) is 10.5. The fourth-order valence-corrected chi connectivity index (χ4v) is 5.09. The number of allylic oxidation sites excluding steroid dienone is 1. The maximum Gasteiger partial charge on any atom is 0.0761 e. The predicted octanol–water partition coefficient (Wildman–Crippen LogP) is 3.33. The van der Waals surface area contributed by atoms with E-state index in [0.717, 1.165) is 44.5 Å². The summed E-state index contributed by atoms with van der Waals surface area (Å²) < 4.78 is 0. The van der Waals surface area contributed by atoms with Crippen molar-refractivity contribution < 1.29 is 10.2 Å². The molecule has 1 aromatic rings. The number of nitrogens with zero attached hydrogens (tertiary/aromatic N) is 1. The molecule has 0 radical (unpaired) electrons. The number of benzene rings is 1. The van der Waals surface area contributed by atoms with E-state index in [2.05, 4.69) is 61.6 Å². The average molecular weight is 413 g/mol. The van der Waals surface area contributed by atoms with Crippen molar-refractivity contribution in [3.8, 4) is 0 Å². The molecule has 0 saturated heterocycles. The first-order chi connectivity index (χ1) is 14.4. The molecule has 3 N–H and O–H groups in total. The molecule has 1 fully saturated rings. The second-order valence-corrected chi connectivity index (χ2v) is 9.54. The third-order valence-corrected chi connectivity index (χ3v) is 6.61. The summed E-state index contributed by atoms with van der Waals surface area (Å²) in [4.78, 5) is 2.22. The Morgan fingerprint density at radius 1 is 1.27 bits per heavy atom. The van der Waals surface area contributed by atoms with Crippen molar-refractivity contribution >= 4 is 0 Å². The highest BCUT2D eigenvalue weighted by Crippen LogP contribution is 2.47. The standard InChI is InChI=1S/C26H40N2O2/c1-19-6-4-7-20(14-19)16-23(29)8-9-24-25-17-21(15-22(25)18-26(24)30)10-12-27-11-5-13-28(2)3/h4,6-9,14-15,22-27,29-30H,5,10-13,16-18H2,1-3H3/t22-,23+,24+,25-,26+/m0/s1. The molecule has 0 aromatic heterocycles. The van der Waals surface area contributed by atoms with Crippen molar-refractivity contribution in [3.05, 3.63) is 59.2 Å². The van der Waals surface area contributed by atoms with Crippen LogP contribution in [-0.4, -0.2) is 61.1 Å². The van der Waals surface area contributed by atoms with Crippen molar-refractivity contribution in [2.24, 2.45) is 17.8 Å². The number of aliphatic hydroxyl groups is 2. The Labute approximate surface area is 182 Å². The van der Waals surface area contributed by atoms with Crippen LogP contribution in [0, 0.1) is 24.7 Å². The minimum absolute atomic E-state index is 0.156. The molecule has 1 saturated carbocycles. The molecule has 1 aromatic carbocycles. The first-order valence-corrected chi connectivity index (χ1v) is 11.6. The van der Waals surface area contributed by atoms with Gasteiger partial charge in [-0.25, -0.2) is 0 Å². The van der Waals surface area contributed by atoms with Gasteiger partial charge in [-0.2, -0.15) is 0 Å². The average Bonchev–Trinajstić information content (AvgIpc) is 3.19. The van der Waals surface area contributed by atoms with E-state index < -0.39 is 6.10 Å². The number of hydrogen-bond acceptors (Lipinski definition) is 4. The summed E-state index contributed by atoms with van der Waals surface area (Å²) in [5.41, 5.74) is 3.91. The first-order valence-electron chi connectivity index (χ1n) is 11.6. The van der Waals surface area contributed by atoms with E-state index in [1.807, 2.05) is 12.1 Å². The normalized spacial score (nSPS) is 27.1. The van der Waals surface area contributed by atoms with Gasteiger partial charge in [0.25, 0.3) is 0 Å². The third-order valence-electron chi connectivity index (χ3n) is 6.61. The molecule has 5 atom stereocenters. The highest BCUT2D eigenvalue weighted by atomic mass is 16.3. The van der Waals surface area contributed by atoms with Crippen LogP contribution < -0.4 is 5.32 Å². The molecule has 3 rings (SSSR count). The van der Waals surface area contributed by atoms with Crippen LogP contribution in [0.3, 0.4) is 0 Å². The van der Waals surface area contributed by atoms with Gasteiger partial charge in [-0.3, -0.25) is 0 Å². The van der Waals surface area contributed by atoms with Crippen LogP contribution >= 0.6 is 0 Å². The summed E-state index contributed by atoms with van der Waals surface area (Å²) in [6, 6.07) is 8.30. The molecule has 0 aliphatic heterocycles. The maximum absolute atomic E-state index is 10.6. The van der Waals surface area contributed by atoms with Gasteiger partial charge in [0.05, 0.1) is 12.2 Å². The van der Waals surface area contributed by atoms with E-state index in [4.69, 9.17) is 0 Å². The van der Waals surface area contributed by atoms with Gasteiger partial charge < -0.3 is 20.4 Å². The summed E-state index contributed by atoms with van der Waals surface area (Å²) in [6.45, 7) is 5.31. The fourth-order valence-electron chi connectivity index (χ4n) is 5.09. The van der Waals surface area contributed by atoms with Gasteiger partial charge in [0, 0.05) is 12.3 Å². The molecular formula is C26H40N2O2. The molecule has 30 heavy (non-hydrogen) atoms. The van der Waals surface area contributed by atoms with Crippen molar-refractivity contribution in [1.82, 2.24) is 10.2 Å². The molecule has 0 amide bonds. The molecule has 4 heteroatoms. The highest BCUT2D eigenvalue weighted by Gasteiger charge is 2.43. The molecule has 4 nitrogen and oxygen atoms in total. The minimum Gasteiger partial charge on any atom is -0.392 e. The first kappa shape index (κ1) is 23.2. The van der Waals surface area contributed by atoms with E-state index >= 15 is 0 Å². The number of nitrogens with one attached hydrogen (secondary N) is 1. The zero-order valence-corrected chi connectivity index (χ0v) is 18.9. The largest absolute Gasteiger partial charge is 0.392 e. The van der Waals surface area contributed by atoms with E-state index in [9.17, 15) is 10.2 Å². The van der Waals surface area contributed by atoms with Crippen LogP contribution in [0.2, 0.25) is 0 Å².